The van der Waals surface area contributed by atoms with Crippen molar-refractivity contribution in [3.05, 3.63) is 41.6 Å². The molecule has 0 saturated carbocycles. The minimum Gasteiger partial charge on any atom is -0.380 e. The summed E-state index contributed by atoms with van der Waals surface area (Å²) in [6, 6.07) is 10.2. The van der Waals surface area contributed by atoms with Gasteiger partial charge in [0.1, 0.15) is 5.82 Å². The van der Waals surface area contributed by atoms with Gasteiger partial charge in [0.05, 0.1) is 13.2 Å². The van der Waals surface area contributed by atoms with Crippen molar-refractivity contribution < 1.29 is 4.74 Å². The molecule has 0 bridgehead atoms. The van der Waals surface area contributed by atoms with Crippen molar-refractivity contribution >= 4 is 5.82 Å². The summed E-state index contributed by atoms with van der Waals surface area (Å²) >= 11 is 0. The molecule has 24 heavy (non-hydrogen) atoms. The lowest BCUT2D eigenvalue weighted by Crippen LogP contribution is -2.28. The first-order valence-electron chi connectivity index (χ1n) is 8.87. The van der Waals surface area contributed by atoms with Gasteiger partial charge in [-0.15, -0.1) is 0 Å². The third-order valence-electron chi connectivity index (χ3n) is 4.73. The summed E-state index contributed by atoms with van der Waals surface area (Å²) in [4.78, 5) is 9.64. The first-order valence-corrected chi connectivity index (χ1v) is 8.87. The zero-order chi connectivity index (χ0) is 16.2. The number of aryl methyl sites for hydroxylation is 1. The van der Waals surface area contributed by atoms with E-state index in [1.54, 1.807) is 0 Å². The van der Waals surface area contributed by atoms with E-state index in [2.05, 4.69) is 22.8 Å². The maximum atomic E-state index is 5.65. The summed E-state index contributed by atoms with van der Waals surface area (Å²) in [5.74, 6) is 2.31. The van der Waals surface area contributed by atoms with Crippen molar-refractivity contribution in [1.29, 1.82) is 0 Å². The highest BCUT2D eigenvalue weighted by Crippen LogP contribution is 2.29. The van der Waals surface area contributed by atoms with Gasteiger partial charge in [0.25, 0.3) is 0 Å². The van der Waals surface area contributed by atoms with Crippen LogP contribution in [0.3, 0.4) is 0 Å². The Labute approximate surface area is 142 Å². The molecule has 126 valence electrons. The zero-order valence-electron chi connectivity index (χ0n) is 13.9. The van der Waals surface area contributed by atoms with Gasteiger partial charge in [0, 0.05) is 42.4 Å². The molecule has 5 nitrogen and oxygen atoms in total. The number of nitrogens with zero attached hydrogens (tertiary/aromatic N) is 2. The molecular formula is C19H24N4O. The van der Waals surface area contributed by atoms with Crippen LogP contribution in [0.25, 0.3) is 11.4 Å². The molecule has 0 amide bonds. The number of hydrogen-bond donors (Lipinski definition) is 2. The van der Waals surface area contributed by atoms with Gasteiger partial charge in [-0.2, -0.15) is 0 Å². The van der Waals surface area contributed by atoms with E-state index in [1.165, 1.54) is 17.7 Å². The van der Waals surface area contributed by atoms with Crippen molar-refractivity contribution in [3.8, 4) is 11.4 Å². The van der Waals surface area contributed by atoms with Crippen molar-refractivity contribution in [2.24, 2.45) is 5.92 Å². The zero-order valence-corrected chi connectivity index (χ0v) is 13.9. The van der Waals surface area contributed by atoms with Gasteiger partial charge >= 0.3 is 0 Å². The second-order valence-corrected chi connectivity index (χ2v) is 6.57. The number of benzene rings is 1. The molecule has 1 fully saturated rings. The number of aromatic nitrogens is 2. The van der Waals surface area contributed by atoms with Crippen LogP contribution in [0.15, 0.2) is 30.3 Å². The molecule has 2 heterocycles. The Morgan fingerprint density at radius 3 is 3.00 bits per heavy atom. The molecule has 0 spiro atoms. The summed E-state index contributed by atoms with van der Waals surface area (Å²) in [7, 11) is 0. The van der Waals surface area contributed by atoms with Gasteiger partial charge in [-0.3, -0.25) is 0 Å². The predicted molar refractivity (Wildman–Crippen MR) is 95.2 cm³/mol. The van der Waals surface area contributed by atoms with Crippen LogP contribution in [-0.2, 0) is 17.6 Å². The Hall–Kier alpha value is -1.98. The minimum absolute atomic E-state index is 0.472. The van der Waals surface area contributed by atoms with E-state index in [0.717, 1.165) is 62.9 Å². The minimum atomic E-state index is 0.472. The highest BCUT2D eigenvalue weighted by molar-refractivity contribution is 5.60. The van der Waals surface area contributed by atoms with Gasteiger partial charge in [-0.05, 0) is 19.3 Å². The van der Waals surface area contributed by atoms with Gasteiger partial charge in [-0.1, -0.05) is 30.3 Å². The highest BCUT2D eigenvalue weighted by Gasteiger charge is 2.21. The topological polar surface area (TPSA) is 59.1 Å². The van der Waals surface area contributed by atoms with E-state index >= 15 is 0 Å². The second kappa shape index (κ2) is 7.28. The maximum absolute atomic E-state index is 5.65. The molecule has 1 saturated heterocycles. The maximum Gasteiger partial charge on any atom is 0.161 e. The van der Waals surface area contributed by atoms with E-state index in [-0.39, 0.29) is 0 Å². The van der Waals surface area contributed by atoms with Crippen molar-refractivity contribution in [2.45, 2.75) is 19.3 Å². The summed E-state index contributed by atoms with van der Waals surface area (Å²) in [5, 5.41) is 7.01. The average molecular weight is 324 g/mol. The van der Waals surface area contributed by atoms with Crippen LogP contribution in [0.2, 0.25) is 0 Å². The number of rotatable bonds is 4. The third kappa shape index (κ3) is 3.42. The van der Waals surface area contributed by atoms with Crippen LogP contribution < -0.4 is 10.6 Å². The van der Waals surface area contributed by atoms with E-state index in [0.29, 0.717) is 5.92 Å². The summed E-state index contributed by atoms with van der Waals surface area (Å²) in [6.45, 7) is 4.42. The third-order valence-corrected chi connectivity index (χ3v) is 4.73. The summed E-state index contributed by atoms with van der Waals surface area (Å²) < 4.78 is 5.65. The molecule has 1 aromatic heterocycles. The van der Waals surface area contributed by atoms with E-state index in [1.807, 2.05) is 18.2 Å². The molecule has 4 rings (SSSR count). The number of anilines is 1. The molecule has 1 atom stereocenters. The fraction of sp³-hybridized carbons (Fsp3) is 0.474. The monoisotopic (exact) mass is 324 g/mol. The van der Waals surface area contributed by atoms with Gasteiger partial charge < -0.3 is 15.4 Å². The summed E-state index contributed by atoms with van der Waals surface area (Å²) in [6.07, 6.45) is 3.30. The van der Waals surface area contributed by atoms with Crippen LogP contribution in [0.1, 0.15) is 17.7 Å². The van der Waals surface area contributed by atoms with E-state index < -0.39 is 0 Å². The molecule has 1 aliphatic carbocycles. The SMILES string of the molecule is c1ccc(-c2nc3c(c(NCC4CNCCOC4)n2)CCC3)cc1. The molecule has 2 aromatic rings. The van der Waals surface area contributed by atoms with Gasteiger partial charge in [-0.25, -0.2) is 9.97 Å². The van der Waals surface area contributed by atoms with Crippen LogP contribution in [0.4, 0.5) is 5.82 Å². The quantitative estimate of drug-likeness (QED) is 0.903. The number of ether oxygens (including phenoxy) is 1. The van der Waals surface area contributed by atoms with Crippen LogP contribution in [0.5, 0.6) is 0 Å². The lowest BCUT2D eigenvalue weighted by Gasteiger charge is -2.17. The van der Waals surface area contributed by atoms with Gasteiger partial charge in [0.2, 0.25) is 0 Å². The van der Waals surface area contributed by atoms with Crippen molar-refractivity contribution in [2.75, 3.05) is 38.2 Å². The second-order valence-electron chi connectivity index (χ2n) is 6.57. The molecular weight excluding hydrogens is 300 g/mol. The van der Waals surface area contributed by atoms with E-state index in [9.17, 15) is 0 Å². The van der Waals surface area contributed by atoms with Crippen molar-refractivity contribution in [1.82, 2.24) is 15.3 Å². The smallest absolute Gasteiger partial charge is 0.161 e. The normalized spacial score (nSPS) is 20.4. The fourth-order valence-corrected chi connectivity index (χ4v) is 3.43. The first kappa shape index (κ1) is 15.5. The molecule has 1 aliphatic heterocycles. The molecule has 1 aromatic carbocycles. The van der Waals surface area contributed by atoms with E-state index in [4.69, 9.17) is 14.7 Å². The number of hydrogen-bond acceptors (Lipinski definition) is 5. The average Bonchev–Trinajstić information content (AvgIpc) is 2.95. The fourth-order valence-electron chi connectivity index (χ4n) is 3.43. The van der Waals surface area contributed by atoms with Crippen molar-refractivity contribution in [3.63, 3.8) is 0 Å². The summed E-state index contributed by atoms with van der Waals surface area (Å²) in [5.41, 5.74) is 3.59. The Morgan fingerprint density at radius 2 is 2.08 bits per heavy atom. The van der Waals surface area contributed by atoms with Crippen LogP contribution in [-0.4, -0.2) is 42.8 Å². The Balaban J connectivity index is 1.56. The van der Waals surface area contributed by atoms with Gasteiger partial charge in [0.15, 0.2) is 5.82 Å². The van der Waals surface area contributed by atoms with Crippen LogP contribution in [0, 0.1) is 5.92 Å². The Bertz CT molecular complexity index is 681. The Kier molecular flexibility index (Phi) is 4.71. The Morgan fingerprint density at radius 1 is 1.17 bits per heavy atom. The number of fused-ring (bicyclic) bond motifs is 1. The first-order chi connectivity index (χ1) is 11.9. The predicted octanol–water partition coefficient (Wildman–Crippen LogP) is 2.28. The molecule has 5 heteroatoms. The lowest BCUT2D eigenvalue weighted by atomic mass is 10.1. The lowest BCUT2D eigenvalue weighted by molar-refractivity contribution is 0.127. The molecule has 0 radical (unpaired) electrons. The molecule has 1 unspecified atom stereocenters. The largest absolute Gasteiger partial charge is 0.380 e. The number of nitrogens with one attached hydrogen (secondary N) is 2. The standard InChI is InChI=1S/C19H24N4O/c1-2-5-15(6-3-1)18-22-17-8-4-7-16(17)19(23-18)21-12-14-11-20-9-10-24-13-14/h1-3,5-6,14,20H,4,7-13H2,(H,21,22,23). The highest BCUT2D eigenvalue weighted by atomic mass is 16.5. The van der Waals surface area contributed by atoms with Crippen LogP contribution >= 0.6 is 0 Å². The molecule has 2 aliphatic rings. The molecule has 2 N–H and O–H groups in total.